The summed E-state index contributed by atoms with van der Waals surface area (Å²) in [5, 5.41) is 0.854. The van der Waals surface area contributed by atoms with Crippen LogP contribution >= 0.6 is 47.5 Å². The Morgan fingerprint density at radius 2 is 2.33 bits per heavy atom. The molecule has 0 spiro atoms. The maximum absolute atomic E-state index is 5.09. The van der Waals surface area contributed by atoms with Crippen molar-refractivity contribution in [1.82, 2.24) is 0 Å². The van der Waals surface area contributed by atoms with Crippen LogP contribution in [0.15, 0.2) is 0 Å². The highest BCUT2D eigenvalue weighted by molar-refractivity contribution is 8.52. The maximum atomic E-state index is 5.09. The minimum Gasteiger partial charge on any atom is -0.146 e. The van der Waals surface area contributed by atoms with E-state index in [4.69, 9.17) is 12.2 Å². The topological polar surface area (TPSA) is 0 Å². The fourth-order valence-corrected chi connectivity index (χ4v) is 6.74. The lowest BCUT2D eigenvalue weighted by molar-refractivity contribution is 0.956. The third-order valence-corrected chi connectivity index (χ3v) is 6.53. The number of fused-ring (bicyclic) bond motifs is 1. The van der Waals surface area contributed by atoms with Gasteiger partial charge in [-0.25, -0.2) is 0 Å². The summed E-state index contributed by atoms with van der Waals surface area (Å²) in [5.74, 6) is 1.35. The molecule has 9 heavy (non-hydrogen) atoms. The first-order chi connectivity index (χ1) is 4.36. The lowest BCUT2D eigenvalue weighted by Gasteiger charge is -2.00. The van der Waals surface area contributed by atoms with Crippen molar-refractivity contribution in [2.24, 2.45) is 0 Å². The summed E-state index contributed by atoms with van der Waals surface area (Å²) < 4.78 is 1.97. The van der Waals surface area contributed by atoms with Gasteiger partial charge in [-0.05, 0) is 12.2 Å². The van der Waals surface area contributed by atoms with Gasteiger partial charge in [0.25, 0.3) is 0 Å². The van der Waals surface area contributed by atoms with E-state index in [1.807, 2.05) is 23.5 Å². The molecule has 0 aliphatic carbocycles. The minimum absolute atomic E-state index is 0.808. The first-order valence-electron chi connectivity index (χ1n) is 2.85. The number of rotatable bonds is 0. The molecule has 0 amide bonds. The minimum atomic E-state index is 0.808. The van der Waals surface area contributed by atoms with Gasteiger partial charge in [0.1, 0.15) is 3.53 Å². The standard InChI is InChI=1S/C5H6S4/c6-5-8-3-1-2-7-4(3)9-5/h3-4H,1-2H2/t3-,4-/m0/s1. The van der Waals surface area contributed by atoms with Gasteiger partial charge >= 0.3 is 0 Å². The zero-order valence-electron chi connectivity index (χ0n) is 4.70. The Balaban J connectivity index is 2.09. The van der Waals surface area contributed by atoms with E-state index in [9.17, 15) is 0 Å². The molecule has 0 aromatic heterocycles. The Bertz CT molecular complexity index is 130. The highest BCUT2D eigenvalue weighted by Crippen LogP contribution is 2.50. The molecule has 2 heterocycles. The third-order valence-electron chi connectivity index (χ3n) is 1.45. The molecule has 2 fully saturated rings. The van der Waals surface area contributed by atoms with E-state index in [0.29, 0.717) is 0 Å². The van der Waals surface area contributed by atoms with Gasteiger partial charge in [0, 0.05) is 5.25 Å². The predicted octanol–water partition coefficient (Wildman–Crippen LogP) is 2.58. The fraction of sp³-hybridized carbons (Fsp3) is 0.800. The smallest absolute Gasteiger partial charge is 0.105 e. The van der Waals surface area contributed by atoms with Gasteiger partial charge in [0.15, 0.2) is 0 Å². The molecule has 2 atom stereocenters. The van der Waals surface area contributed by atoms with E-state index in [1.54, 1.807) is 0 Å². The van der Waals surface area contributed by atoms with E-state index in [2.05, 4.69) is 11.8 Å². The normalized spacial score (nSPS) is 41.6. The van der Waals surface area contributed by atoms with Crippen LogP contribution in [0, 0.1) is 0 Å². The van der Waals surface area contributed by atoms with Crippen molar-refractivity contribution >= 4 is 51.0 Å². The van der Waals surface area contributed by atoms with Crippen LogP contribution in [0.25, 0.3) is 0 Å². The largest absolute Gasteiger partial charge is 0.146 e. The molecular formula is C5H6S4. The van der Waals surface area contributed by atoms with E-state index in [-0.39, 0.29) is 0 Å². The quantitative estimate of drug-likeness (QED) is 0.543. The summed E-state index contributed by atoms with van der Waals surface area (Å²) in [7, 11) is 0. The third kappa shape index (κ3) is 1.27. The molecule has 0 unspecified atom stereocenters. The number of thioether (sulfide) groups is 3. The van der Waals surface area contributed by atoms with Crippen LogP contribution in [-0.2, 0) is 0 Å². The number of hydrogen-bond acceptors (Lipinski definition) is 4. The Hall–Kier alpha value is 1.14. The predicted molar refractivity (Wildman–Crippen MR) is 52.4 cm³/mol. The second kappa shape index (κ2) is 2.64. The SMILES string of the molecule is S=C1S[C@@H]2SCC[C@@H]2S1. The molecule has 0 bridgehead atoms. The second-order valence-electron chi connectivity index (χ2n) is 2.05. The first-order valence-corrected chi connectivity index (χ1v) is 6.07. The zero-order valence-corrected chi connectivity index (χ0v) is 7.97. The van der Waals surface area contributed by atoms with Crippen LogP contribution < -0.4 is 0 Å². The van der Waals surface area contributed by atoms with Crippen LogP contribution in [0.2, 0.25) is 0 Å². The van der Waals surface area contributed by atoms with Crippen molar-refractivity contribution in [2.45, 2.75) is 16.3 Å². The maximum Gasteiger partial charge on any atom is 0.105 e. The van der Waals surface area contributed by atoms with Gasteiger partial charge in [-0.1, -0.05) is 24.0 Å². The molecular weight excluding hydrogens is 188 g/mol. The Morgan fingerprint density at radius 1 is 1.44 bits per heavy atom. The van der Waals surface area contributed by atoms with Gasteiger partial charge in [0.2, 0.25) is 0 Å². The average Bonchev–Trinajstić information content (AvgIpc) is 2.22. The molecule has 2 rings (SSSR count). The van der Waals surface area contributed by atoms with Gasteiger partial charge in [0.05, 0.1) is 4.58 Å². The highest BCUT2D eigenvalue weighted by Gasteiger charge is 2.36. The summed E-state index contributed by atoms with van der Waals surface area (Å²) >= 11 is 11.0. The fourth-order valence-electron chi connectivity index (χ4n) is 1.01. The molecule has 4 heteroatoms. The lowest BCUT2D eigenvalue weighted by atomic mass is 10.4. The van der Waals surface area contributed by atoms with E-state index in [1.165, 1.54) is 12.2 Å². The molecule has 0 N–H and O–H groups in total. The van der Waals surface area contributed by atoms with E-state index >= 15 is 0 Å². The van der Waals surface area contributed by atoms with Gasteiger partial charge in [-0.15, -0.1) is 23.5 Å². The molecule has 0 saturated carbocycles. The van der Waals surface area contributed by atoms with Crippen molar-refractivity contribution in [1.29, 1.82) is 0 Å². The molecule has 0 aromatic carbocycles. The zero-order chi connectivity index (χ0) is 6.27. The summed E-state index contributed by atoms with van der Waals surface area (Å²) in [6.07, 6.45) is 1.37. The summed E-state index contributed by atoms with van der Waals surface area (Å²) in [4.78, 5) is 0. The molecule has 2 aliphatic rings. The van der Waals surface area contributed by atoms with Gasteiger partial charge in [-0.2, -0.15) is 0 Å². The average molecular weight is 194 g/mol. The van der Waals surface area contributed by atoms with E-state index in [0.717, 1.165) is 13.4 Å². The first kappa shape index (κ1) is 6.83. The van der Waals surface area contributed by atoms with Gasteiger partial charge in [-0.3, -0.25) is 0 Å². The highest BCUT2D eigenvalue weighted by atomic mass is 32.3. The Labute approximate surface area is 72.9 Å². The summed E-state index contributed by atoms with van der Waals surface area (Å²) in [5.41, 5.74) is 0. The number of thiocarbonyl (C=S) groups is 1. The lowest BCUT2D eigenvalue weighted by Crippen LogP contribution is -2.01. The molecule has 0 nitrogen and oxygen atoms in total. The molecule has 2 saturated heterocycles. The van der Waals surface area contributed by atoms with Crippen molar-refractivity contribution in [3.63, 3.8) is 0 Å². The number of hydrogen-bond donors (Lipinski definition) is 0. The summed E-state index contributed by atoms with van der Waals surface area (Å²) in [6.45, 7) is 0. The Kier molecular flexibility index (Phi) is 2.00. The monoisotopic (exact) mass is 194 g/mol. The van der Waals surface area contributed by atoms with Crippen LogP contribution in [0.1, 0.15) is 6.42 Å². The van der Waals surface area contributed by atoms with Crippen molar-refractivity contribution in [3.8, 4) is 0 Å². The second-order valence-corrected chi connectivity index (χ2v) is 7.18. The van der Waals surface area contributed by atoms with Crippen molar-refractivity contribution < 1.29 is 0 Å². The van der Waals surface area contributed by atoms with Crippen LogP contribution in [0.4, 0.5) is 0 Å². The van der Waals surface area contributed by atoms with Crippen LogP contribution in [0.3, 0.4) is 0 Å². The molecule has 2 aliphatic heterocycles. The van der Waals surface area contributed by atoms with Gasteiger partial charge < -0.3 is 0 Å². The Morgan fingerprint density at radius 3 is 3.11 bits per heavy atom. The summed E-state index contributed by atoms with van der Waals surface area (Å²) in [6, 6.07) is 0. The van der Waals surface area contributed by atoms with Crippen molar-refractivity contribution in [2.75, 3.05) is 5.75 Å². The molecule has 50 valence electrons. The van der Waals surface area contributed by atoms with Crippen LogP contribution in [-0.4, -0.2) is 19.1 Å². The van der Waals surface area contributed by atoms with E-state index < -0.39 is 0 Å². The van der Waals surface area contributed by atoms with Crippen molar-refractivity contribution in [3.05, 3.63) is 0 Å². The molecule has 0 radical (unpaired) electrons. The van der Waals surface area contributed by atoms with Crippen LogP contribution in [0.5, 0.6) is 0 Å². The molecule has 0 aromatic rings.